The van der Waals surface area contributed by atoms with Gasteiger partial charge in [0.15, 0.2) is 0 Å². The van der Waals surface area contributed by atoms with E-state index >= 15 is 0 Å². The first kappa shape index (κ1) is 24.3. The molecule has 0 radical (unpaired) electrons. The minimum atomic E-state index is -0.776. The molecule has 0 aliphatic rings. The fourth-order valence-corrected chi connectivity index (χ4v) is 3.09. The van der Waals surface area contributed by atoms with E-state index in [1.807, 2.05) is 45.0 Å². The summed E-state index contributed by atoms with van der Waals surface area (Å²) < 4.78 is 10.9. The van der Waals surface area contributed by atoms with Crippen molar-refractivity contribution in [3.63, 3.8) is 0 Å². The number of hydrogen-bond acceptors (Lipinski definition) is 5. The Bertz CT molecular complexity index is 1240. The van der Waals surface area contributed by atoms with Gasteiger partial charge in [0.2, 0.25) is 0 Å². The van der Waals surface area contributed by atoms with Gasteiger partial charge in [-0.05, 0) is 85.5 Å². The Morgan fingerprint density at radius 3 is 2.29 bits per heavy atom. The predicted molar refractivity (Wildman–Crippen MR) is 132 cm³/mol. The second kappa shape index (κ2) is 11.5. The zero-order valence-electron chi connectivity index (χ0n) is 19.4. The van der Waals surface area contributed by atoms with Crippen LogP contribution in [-0.2, 0) is 4.79 Å². The van der Waals surface area contributed by atoms with Crippen molar-refractivity contribution in [3.8, 4) is 17.6 Å². The van der Waals surface area contributed by atoms with Crippen molar-refractivity contribution in [2.24, 2.45) is 0 Å². The Morgan fingerprint density at radius 1 is 0.971 bits per heavy atom. The lowest BCUT2D eigenvalue weighted by Crippen LogP contribution is -2.13. The van der Waals surface area contributed by atoms with Crippen LogP contribution in [0, 0.1) is 25.2 Å². The molecule has 0 aliphatic heterocycles. The van der Waals surface area contributed by atoms with Crippen LogP contribution in [0.5, 0.6) is 11.5 Å². The van der Waals surface area contributed by atoms with E-state index in [4.69, 9.17) is 9.47 Å². The maximum atomic E-state index is 12.6. The highest BCUT2D eigenvalue weighted by molar-refractivity contribution is 6.05. The molecule has 0 aromatic heterocycles. The van der Waals surface area contributed by atoms with Gasteiger partial charge in [0.25, 0.3) is 5.91 Å². The highest BCUT2D eigenvalue weighted by Gasteiger charge is 2.14. The van der Waals surface area contributed by atoms with Gasteiger partial charge in [-0.3, -0.25) is 4.79 Å². The van der Waals surface area contributed by atoms with E-state index in [1.165, 1.54) is 18.2 Å². The van der Waals surface area contributed by atoms with Gasteiger partial charge in [-0.2, -0.15) is 5.26 Å². The molecular formula is C28H26N2O4. The van der Waals surface area contributed by atoms with Gasteiger partial charge in [-0.15, -0.1) is 0 Å². The molecule has 0 aliphatic carbocycles. The van der Waals surface area contributed by atoms with Gasteiger partial charge in [0.05, 0.1) is 6.61 Å². The molecule has 0 spiro atoms. The molecule has 3 aromatic carbocycles. The smallest absolute Gasteiger partial charge is 0.354 e. The third-order valence-electron chi connectivity index (χ3n) is 4.97. The summed E-state index contributed by atoms with van der Waals surface area (Å²) in [5, 5.41) is 12.3. The summed E-state index contributed by atoms with van der Waals surface area (Å²) in [7, 11) is 0. The number of anilines is 1. The first-order chi connectivity index (χ1) is 16.4. The van der Waals surface area contributed by atoms with Crippen molar-refractivity contribution in [2.75, 3.05) is 11.9 Å². The predicted octanol–water partition coefficient (Wildman–Crippen LogP) is 5.86. The van der Waals surface area contributed by atoms with E-state index < -0.39 is 5.97 Å². The molecule has 6 nitrogen and oxygen atoms in total. The highest BCUT2D eigenvalue weighted by Crippen LogP contribution is 2.20. The molecule has 3 aromatic rings. The van der Waals surface area contributed by atoms with Crippen molar-refractivity contribution in [1.82, 2.24) is 0 Å². The van der Waals surface area contributed by atoms with Crippen LogP contribution in [0.15, 0.2) is 72.3 Å². The number of benzene rings is 3. The first-order valence-corrected chi connectivity index (χ1v) is 10.9. The number of rotatable bonds is 8. The molecule has 1 N–H and O–H groups in total. The molecule has 0 unspecified atom stereocenters. The lowest BCUT2D eigenvalue weighted by Gasteiger charge is -2.10. The molecule has 0 atom stereocenters. The summed E-state index contributed by atoms with van der Waals surface area (Å²) in [6.45, 7) is 6.53. The molecule has 6 heteroatoms. The van der Waals surface area contributed by atoms with Gasteiger partial charge < -0.3 is 14.8 Å². The maximum Gasteiger partial charge on any atom is 0.354 e. The zero-order chi connectivity index (χ0) is 24.5. The van der Waals surface area contributed by atoms with Gasteiger partial charge in [0, 0.05) is 11.3 Å². The van der Waals surface area contributed by atoms with Crippen LogP contribution in [0.3, 0.4) is 0 Å². The Morgan fingerprint density at radius 2 is 1.65 bits per heavy atom. The van der Waals surface area contributed by atoms with Crippen molar-refractivity contribution >= 4 is 23.6 Å². The average Bonchev–Trinajstić information content (AvgIpc) is 2.84. The van der Waals surface area contributed by atoms with Crippen molar-refractivity contribution < 1.29 is 19.1 Å². The second-order valence-electron chi connectivity index (χ2n) is 7.77. The maximum absolute atomic E-state index is 12.6. The van der Waals surface area contributed by atoms with Crippen LogP contribution in [0.2, 0.25) is 0 Å². The number of nitrogens with one attached hydrogen (secondary N) is 1. The van der Waals surface area contributed by atoms with Crippen LogP contribution in [0.25, 0.3) is 6.08 Å². The molecule has 0 bridgehead atoms. The molecule has 3 rings (SSSR count). The minimum absolute atomic E-state index is 0.140. The summed E-state index contributed by atoms with van der Waals surface area (Å²) >= 11 is 0. The normalized spacial score (nSPS) is 10.8. The molecule has 0 saturated carbocycles. The minimum Gasteiger partial charge on any atom is -0.494 e. The number of ether oxygens (including phenoxy) is 2. The van der Waals surface area contributed by atoms with Gasteiger partial charge >= 0.3 is 5.97 Å². The summed E-state index contributed by atoms with van der Waals surface area (Å²) in [6, 6.07) is 21.0. The molecule has 0 heterocycles. The van der Waals surface area contributed by atoms with Crippen LogP contribution in [0.1, 0.15) is 40.4 Å². The van der Waals surface area contributed by atoms with Crippen LogP contribution < -0.4 is 14.8 Å². The summed E-state index contributed by atoms with van der Waals surface area (Å²) in [6.07, 6.45) is 2.36. The van der Waals surface area contributed by atoms with E-state index in [-0.39, 0.29) is 17.2 Å². The Hall–Kier alpha value is -4.37. The number of carbonyl (C=O) groups is 2. The number of carbonyl (C=O) groups excluding carboxylic acids is 2. The zero-order valence-corrected chi connectivity index (χ0v) is 19.4. The van der Waals surface area contributed by atoms with Crippen molar-refractivity contribution in [1.29, 1.82) is 5.26 Å². The Labute approximate surface area is 199 Å². The van der Waals surface area contributed by atoms with E-state index in [1.54, 1.807) is 36.4 Å². The van der Waals surface area contributed by atoms with E-state index in [0.29, 0.717) is 17.7 Å². The highest BCUT2D eigenvalue weighted by atomic mass is 16.5. The van der Waals surface area contributed by atoms with Crippen LogP contribution >= 0.6 is 0 Å². The number of aryl methyl sites for hydroxylation is 2. The van der Waals surface area contributed by atoms with Crippen LogP contribution in [-0.4, -0.2) is 18.5 Å². The monoisotopic (exact) mass is 454 g/mol. The third kappa shape index (κ3) is 6.57. The molecule has 34 heavy (non-hydrogen) atoms. The summed E-state index contributed by atoms with van der Waals surface area (Å²) in [5.74, 6) is -0.0866. The number of nitrogens with zero attached hydrogens (tertiary/aromatic N) is 1. The van der Waals surface area contributed by atoms with Gasteiger partial charge in [-0.25, -0.2) is 4.79 Å². The second-order valence-corrected chi connectivity index (χ2v) is 7.77. The number of hydrogen-bond donors (Lipinski definition) is 1. The molecule has 0 fully saturated rings. The van der Waals surface area contributed by atoms with Crippen molar-refractivity contribution in [3.05, 3.63) is 94.6 Å². The lowest BCUT2D eigenvalue weighted by atomic mass is 10.1. The first-order valence-electron chi connectivity index (χ1n) is 10.9. The standard InChI is InChI=1S/C28H26N2O4/c1-4-15-33-24-11-7-21(8-12-24)17-23(18-29)28(32)34-25-13-9-22(10-14-25)27(31)30-26-16-19(2)5-6-20(26)3/h5-14,16-17H,4,15H2,1-3H3,(H,30,31)/b23-17+. The van der Waals surface area contributed by atoms with E-state index in [2.05, 4.69) is 5.32 Å². The fraction of sp³-hybridized carbons (Fsp3) is 0.179. The molecule has 1 amide bonds. The lowest BCUT2D eigenvalue weighted by molar-refractivity contribution is -0.129. The SMILES string of the molecule is CCCOc1ccc(/C=C(\C#N)C(=O)Oc2ccc(C(=O)Nc3cc(C)ccc3C)cc2)cc1. The third-order valence-corrected chi connectivity index (χ3v) is 4.97. The molecule has 0 saturated heterocycles. The number of esters is 1. The van der Waals surface area contributed by atoms with Crippen molar-refractivity contribution in [2.45, 2.75) is 27.2 Å². The molecular weight excluding hydrogens is 428 g/mol. The quantitative estimate of drug-likeness (QED) is 0.199. The van der Waals surface area contributed by atoms with Gasteiger partial charge in [-0.1, -0.05) is 31.2 Å². The Kier molecular flexibility index (Phi) is 8.20. The fourth-order valence-electron chi connectivity index (χ4n) is 3.09. The van der Waals surface area contributed by atoms with E-state index in [9.17, 15) is 14.9 Å². The largest absolute Gasteiger partial charge is 0.494 e. The topological polar surface area (TPSA) is 88.4 Å². The number of nitriles is 1. The van der Waals surface area contributed by atoms with Crippen LogP contribution in [0.4, 0.5) is 5.69 Å². The summed E-state index contributed by atoms with van der Waals surface area (Å²) in [5.41, 5.74) is 3.71. The van der Waals surface area contributed by atoms with Gasteiger partial charge in [0.1, 0.15) is 23.1 Å². The number of amides is 1. The average molecular weight is 455 g/mol. The Balaban J connectivity index is 1.64. The molecule has 172 valence electrons. The summed E-state index contributed by atoms with van der Waals surface area (Å²) in [4.78, 5) is 25.0. The van der Waals surface area contributed by atoms with E-state index in [0.717, 1.165) is 29.0 Å².